The summed E-state index contributed by atoms with van der Waals surface area (Å²) < 4.78 is 0. The number of hydrogen-bond donors (Lipinski definition) is 1. The molecule has 0 aromatic carbocycles. The lowest BCUT2D eigenvalue weighted by Crippen LogP contribution is -2.28. The molecule has 1 N–H and O–H groups in total. The van der Waals surface area contributed by atoms with Crippen molar-refractivity contribution in [1.29, 1.82) is 0 Å². The van der Waals surface area contributed by atoms with Crippen molar-refractivity contribution in [3.63, 3.8) is 0 Å². The highest BCUT2D eigenvalue weighted by Crippen LogP contribution is 2.12. The molecule has 1 saturated heterocycles. The molecule has 16 heavy (non-hydrogen) atoms. The Morgan fingerprint density at radius 1 is 1.44 bits per heavy atom. The Hall–Kier alpha value is -1.16. The van der Waals surface area contributed by atoms with Crippen molar-refractivity contribution in [2.75, 3.05) is 31.6 Å². The molecule has 1 fully saturated rings. The highest BCUT2D eigenvalue weighted by Gasteiger charge is 2.17. The lowest BCUT2D eigenvalue weighted by Gasteiger charge is -2.20. The summed E-state index contributed by atoms with van der Waals surface area (Å²) in [5.41, 5.74) is 1.19. The van der Waals surface area contributed by atoms with Crippen LogP contribution >= 0.6 is 0 Å². The van der Waals surface area contributed by atoms with Crippen LogP contribution in [0.4, 0.5) is 5.95 Å². The monoisotopic (exact) mass is 220 g/mol. The van der Waals surface area contributed by atoms with Crippen LogP contribution in [0.5, 0.6) is 0 Å². The highest BCUT2D eigenvalue weighted by atomic mass is 15.2. The van der Waals surface area contributed by atoms with Crippen LogP contribution in [0.15, 0.2) is 12.4 Å². The number of rotatable bonds is 4. The van der Waals surface area contributed by atoms with Crippen molar-refractivity contribution < 1.29 is 0 Å². The molecule has 2 rings (SSSR count). The van der Waals surface area contributed by atoms with Gasteiger partial charge in [0, 0.05) is 26.0 Å². The first-order valence-electron chi connectivity index (χ1n) is 6.02. The predicted octanol–water partition coefficient (Wildman–Crippen LogP) is 1.08. The summed E-state index contributed by atoms with van der Waals surface area (Å²) in [5, 5.41) is 3.38. The van der Waals surface area contributed by atoms with Gasteiger partial charge in [-0.1, -0.05) is 6.92 Å². The quantitative estimate of drug-likeness (QED) is 0.824. The molecular weight excluding hydrogens is 200 g/mol. The zero-order valence-corrected chi connectivity index (χ0v) is 10.1. The zero-order valence-electron chi connectivity index (χ0n) is 10.1. The Morgan fingerprint density at radius 2 is 2.19 bits per heavy atom. The van der Waals surface area contributed by atoms with E-state index in [1.807, 2.05) is 12.4 Å². The summed E-state index contributed by atoms with van der Waals surface area (Å²) in [6, 6.07) is 0. The Kier molecular flexibility index (Phi) is 3.72. The van der Waals surface area contributed by atoms with Crippen LogP contribution < -0.4 is 10.2 Å². The second-order valence-corrected chi connectivity index (χ2v) is 4.48. The number of nitrogens with one attached hydrogen (secondary N) is 1. The molecular formula is C12H20N4. The Morgan fingerprint density at radius 3 is 2.75 bits per heavy atom. The molecule has 1 aromatic heterocycles. The maximum absolute atomic E-state index is 4.39. The van der Waals surface area contributed by atoms with Gasteiger partial charge in [-0.15, -0.1) is 0 Å². The fourth-order valence-electron chi connectivity index (χ4n) is 2.07. The van der Waals surface area contributed by atoms with Gasteiger partial charge in [0.05, 0.1) is 0 Å². The zero-order chi connectivity index (χ0) is 11.4. The molecule has 0 radical (unpaired) electrons. The van der Waals surface area contributed by atoms with Gasteiger partial charge in [-0.25, -0.2) is 9.97 Å². The molecule has 4 nitrogen and oxygen atoms in total. The van der Waals surface area contributed by atoms with Crippen LogP contribution in [0.1, 0.15) is 18.9 Å². The molecule has 2 heterocycles. The van der Waals surface area contributed by atoms with E-state index in [1.165, 1.54) is 12.0 Å². The largest absolute Gasteiger partial charge is 0.344 e. The normalized spacial score (nSPS) is 20.0. The topological polar surface area (TPSA) is 41.1 Å². The third kappa shape index (κ3) is 2.70. The summed E-state index contributed by atoms with van der Waals surface area (Å²) in [6.45, 7) is 5.43. The highest BCUT2D eigenvalue weighted by molar-refractivity contribution is 5.28. The van der Waals surface area contributed by atoms with E-state index < -0.39 is 0 Å². The minimum absolute atomic E-state index is 0.736. The van der Waals surface area contributed by atoms with Crippen LogP contribution in [0, 0.1) is 5.92 Å². The van der Waals surface area contributed by atoms with Crippen molar-refractivity contribution in [3.05, 3.63) is 18.0 Å². The standard InChI is InChI=1S/C12H20N4/c1-3-10-7-14-12(15-8-10)16(2)9-11-4-5-13-6-11/h7-8,11,13H,3-6,9H2,1-2H3. The molecule has 1 aliphatic heterocycles. The van der Waals surface area contributed by atoms with Crippen molar-refractivity contribution >= 4 is 5.95 Å². The van der Waals surface area contributed by atoms with E-state index in [-0.39, 0.29) is 0 Å². The van der Waals surface area contributed by atoms with Crippen LogP contribution in [0.25, 0.3) is 0 Å². The average molecular weight is 220 g/mol. The van der Waals surface area contributed by atoms with Gasteiger partial charge >= 0.3 is 0 Å². The number of hydrogen-bond acceptors (Lipinski definition) is 4. The van der Waals surface area contributed by atoms with Crippen molar-refractivity contribution in [2.45, 2.75) is 19.8 Å². The molecule has 0 amide bonds. The SMILES string of the molecule is CCc1cnc(N(C)CC2CCNC2)nc1. The number of nitrogens with zero attached hydrogens (tertiary/aromatic N) is 3. The van der Waals surface area contributed by atoms with E-state index >= 15 is 0 Å². The first-order valence-corrected chi connectivity index (χ1v) is 6.02. The van der Waals surface area contributed by atoms with Crippen LogP contribution in [-0.4, -0.2) is 36.6 Å². The van der Waals surface area contributed by atoms with Crippen molar-refractivity contribution in [3.8, 4) is 0 Å². The molecule has 0 spiro atoms. The first-order chi connectivity index (χ1) is 7.79. The molecule has 4 heteroatoms. The smallest absolute Gasteiger partial charge is 0.225 e. The fourth-order valence-corrected chi connectivity index (χ4v) is 2.07. The van der Waals surface area contributed by atoms with E-state index in [2.05, 4.69) is 34.2 Å². The minimum Gasteiger partial charge on any atom is -0.344 e. The molecule has 88 valence electrons. The average Bonchev–Trinajstić information content (AvgIpc) is 2.82. The van der Waals surface area contributed by atoms with Gasteiger partial charge in [0.15, 0.2) is 0 Å². The van der Waals surface area contributed by atoms with Gasteiger partial charge in [-0.3, -0.25) is 0 Å². The van der Waals surface area contributed by atoms with Gasteiger partial charge in [-0.05, 0) is 37.4 Å². The van der Waals surface area contributed by atoms with E-state index in [0.29, 0.717) is 0 Å². The van der Waals surface area contributed by atoms with Gasteiger partial charge < -0.3 is 10.2 Å². The van der Waals surface area contributed by atoms with Gasteiger partial charge in [0.2, 0.25) is 5.95 Å². The van der Waals surface area contributed by atoms with E-state index in [1.54, 1.807) is 0 Å². The maximum Gasteiger partial charge on any atom is 0.225 e. The second kappa shape index (κ2) is 5.25. The van der Waals surface area contributed by atoms with E-state index in [4.69, 9.17) is 0 Å². The lowest BCUT2D eigenvalue weighted by molar-refractivity contribution is 0.572. The van der Waals surface area contributed by atoms with Gasteiger partial charge in [-0.2, -0.15) is 0 Å². The molecule has 1 aromatic rings. The van der Waals surface area contributed by atoms with Gasteiger partial charge in [0.1, 0.15) is 0 Å². The summed E-state index contributed by atoms with van der Waals surface area (Å²) in [5.74, 6) is 1.57. The lowest BCUT2D eigenvalue weighted by atomic mass is 10.1. The molecule has 0 bridgehead atoms. The van der Waals surface area contributed by atoms with Gasteiger partial charge in [0.25, 0.3) is 0 Å². The van der Waals surface area contributed by atoms with Crippen molar-refractivity contribution in [2.24, 2.45) is 5.92 Å². The summed E-state index contributed by atoms with van der Waals surface area (Å²) in [7, 11) is 2.07. The number of aryl methyl sites for hydroxylation is 1. The van der Waals surface area contributed by atoms with Crippen LogP contribution in [0.3, 0.4) is 0 Å². The first kappa shape index (κ1) is 11.3. The predicted molar refractivity (Wildman–Crippen MR) is 65.7 cm³/mol. The van der Waals surface area contributed by atoms with Crippen LogP contribution in [-0.2, 0) is 6.42 Å². The number of anilines is 1. The minimum atomic E-state index is 0.736. The summed E-state index contributed by atoms with van der Waals surface area (Å²) in [6.07, 6.45) is 6.10. The molecule has 0 saturated carbocycles. The van der Waals surface area contributed by atoms with Crippen LogP contribution in [0.2, 0.25) is 0 Å². The van der Waals surface area contributed by atoms with Crippen molar-refractivity contribution in [1.82, 2.24) is 15.3 Å². The maximum atomic E-state index is 4.39. The number of aromatic nitrogens is 2. The Labute approximate surface area is 97.1 Å². The molecule has 1 unspecified atom stereocenters. The summed E-state index contributed by atoms with van der Waals surface area (Å²) >= 11 is 0. The third-order valence-electron chi connectivity index (χ3n) is 3.14. The Bertz CT molecular complexity index is 316. The molecule has 1 atom stereocenters. The fraction of sp³-hybridized carbons (Fsp3) is 0.667. The second-order valence-electron chi connectivity index (χ2n) is 4.48. The molecule has 1 aliphatic rings. The summed E-state index contributed by atoms with van der Waals surface area (Å²) in [4.78, 5) is 10.9. The third-order valence-corrected chi connectivity index (χ3v) is 3.14. The Balaban J connectivity index is 1.94. The molecule has 0 aliphatic carbocycles. The van der Waals surface area contributed by atoms with E-state index in [9.17, 15) is 0 Å². The van der Waals surface area contributed by atoms with E-state index in [0.717, 1.165) is 37.9 Å².